The molecule has 2 nitrogen and oxygen atoms in total. The molecular formula is C29H31ClN2. The van der Waals surface area contributed by atoms with Crippen molar-refractivity contribution in [1.82, 2.24) is 4.57 Å². The quantitative estimate of drug-likeness (QED) is 0.364. The summed E-state index contributed by atoms with van der Waals surface area (Å²) < 4.78 is 2.24. The average Bonchev–Trinajstić information content (AvgIpc) is 3.04. The average molecular weight is 443 g/mol. The number of aliphatic imine (C=N–C) groups is 1. The summed E-state index contributed by atoms with van der Waals surface area (Å²) in [7, 11) is 0. The summed E-state index contributed by atoms with van der Waals surface area (Å²) in [6.07, 6.45) is 10.7. The molecule has 0 radical (unpaired) electrons. The van der Waals surface area contributed by atoms with Crippen LogP contribution in [0, 0.1) is 31.6 Å². The van der Waals surface area contributed by atoms with E-state index < -0.39 is 0 Å². The van der Waals surface area contributed by atoms with Gasteiger partial charge in [0, 0.05) is 33.9 Å². The Morgan fingerprint density at radius 2 is 1.56 bits per heavy atom. The molecule has 1 heterocycles. The topological polar surface area (TPSA) is 17.3 Å². The van der Waals surface area contributed by atoms with Crippen molar-refractivity contribution < 1.29 is 0 Å². The molecule has 4 saturated carbocycles. The van der Waals surface area contributed by atoms with Crippen molar-refractivity contribution in [2.24, 2.45) is 22.7 Å². The Labute approximate surface area is 196 Å². The number of hydrogen-bond acceptors (Lipinski definition) is 1. The molecule has 0 N–H and O–H groups in total. The molecule has 0 aliphatic heterocycles. The number of rotatable bonds is 4. The summed E-state index contributed by atoms with van der Waals surface area (Å²) in [6.45, 7) is 4.27. The predicted octanol–water partition coefficient (Wildman–Crippen LogP) is 7.97. The highest BCUT2D eigenvalue weighted by atomic mass is 35.5. The van der Waals surface area contributed by atoms with Gasteiger partial charge in [0.25, 0.3) is 0 Å². The van der Waals surface area contributed by atoms with Gasteiger partial charge in [0.05, 0.1) is 5.69 Å². The molecule has 164 valence electrons. The first-order chi connectivity index (χ1) is 15.5. The molecular weight excluding hydrogens is 412 g/mol. The van der Waals surface area contributed by atoms with E-state index in [2.05, 4.69) is 54.8 Å². The van der Waals surface area contributed by atoms with Gasteiger partial charge < -0.3 is 4.57 Å². The van der Waals surface area contributed by atoms with E-state index in [1.165, 1.54) is 49.9 Å². The molecule has 3 heteroatoms. The molecule has 1 aromatic heterocycles. The lowest BCUT2D eigenvalue weighted by molar-refractivity contribution is -0.00518. The number of hydrogen-bond donors (Lipinski definition) is 0. The Kier molecular flexibility index (Phi) is 4.84. The van der Waals surface area contributed by atoms with Gasteiger partial charge in [-0.25, -0.2) is 0 Å². The molecule has 0 atom stereocenters. The van der Waals surface area contributed by atoms with Gasteiger partial charge in [-0.2, -0.15) is 0 Å². The lowest BCUT2D eigenvalue weighted by atomic mass is 9.48. The molecule has 0 amide bonds. The molecule has 2 aromatic carbocycles. The predicted molar refractivity (Wildman–Crippen MR) is 134 cm³/mol. The summed E-state index contributed by atoms with van der Waals surface area (Å²) in [5.41, 5.74) is 7.65. The zero-order valence-corrected chi connectivity index (χ0v) is 19.8. The van der Waals surface area contributed by atoms with Crippen LogP contribution in [-0.2, 0) is 5.41 Å². The van der Waals surface area contributed by atoms with Crippen molar-refractivity contribution in [2.75, 3.05) is 0 Å². The van der Waals surface area contributed by atoms with Crippen LogP contribution in [0.1, 0.15) is 61.0 Å². The fourth-order valence-electron chi connectivity index (χ4n) is 7.44. The Hall–Kier alpha value is -2.32. The molecule has 4 aliphatic carbocycles. The highest BCUT2D eigenvalue weighted by Crippen LogP contribution is 2.60. The molecule has 4 bridgehead atoms. The first kappa shape index (κ1) is 20.3. The Balaban J connectivity index is 1.24. The van der Waals surface area contributed by atoms with Crippen LogP contribution in [0.4, 0.5) is 5.69 Å². The van der Waals surface area contributed by atoms with Gasteiger partial charge >= 0.3 is 0 Å². The number of aryl methyl sites for hydroxylation is 1. The first-order valence-electron chi connectivity index (χ1n) is 12.1. The Morgan fingerprint density at radius 3 is 2.19 bits per heavy atom. The van der Waals surface area contributed by atoms with Gasteiger partial charge in [0.15, 0.2) is 0 Å². The van der Waals surface area contributed by atoms with Crippen LogP contribution >= 0.6 is 11.6 Å². The van der Waals surface area contributed by atoms with Crippen LogP contribution in [0.3, 0.4) is 0 Å². The summed E-state index contributed by atoms with van der Waals surface area (Å²) in [5.74, 6) is 2.94. The zero-order chi connectivity index (χ0) is 21.9. The largest absolute Gasteiger partial charge is 0.318 e. The van der Waals surface area contributed by atoms with Crippen LogP contribution < -0.4 is 0 Å². The third-order valence-electron chi connectivity index (χ3n) is 8.41. The maximum absolute atomic E-state index is 6.22. The molecule has 0 unspecified atom stereocenters. The van der Waals surface area contributed by atoms with E-state index >= 15 is 0 Å². The van der Waals surface area contributed by atoms with Crippen LogP contribution in [0.5, 0.6) is 0 Å². The zero-order valence-electron chi connectivity index (χ0n) is 19.0. The Morgan fingerprint density at radius 1 is 0.906 bits per heavy atom. The molecule has 0 spiro atoms. The molecule has 4 aliphatic rings. The number of aromatic nitrogens is 1. The summed E-state index contributed by atoms with van der Waals surface area (Å²) in [6, 6.07) is 19.4. The van der Waals surface area contributed by atoms with Crippen LogP contribution in [-0.4, -0.2) is 10.8 Å². The van der Waals surface area contributed by atoms with Crippen LogP contribution in [0.15, 0.2) is 59.6 Å². The fourth-order valence-corrected chi connectivity index (χ4v) is 7.62. The van der Waals surface area contributed by atoms with Crippen molar-refractivity contribution in [3.05, 3.63) is 82.1 Å². The summed E-state index contributed by atoms with van der Waals surface area (Å²) in [4.78, 5) is 4.83. The normalized spacial score (nSPS) is 28.7. The first-order valence-corrected chi connectivity index (χ1v) is 12.5. The molecule has 3 aromatic rings. The molecule has 4 fully saturated rings. The molecule has 32 heavy (non-hydrogen) atoms. The Bertz CT molecular complexity index is 1150. The minimum Gasteiger partial charge on any atom is -0.318 e. The maximum Gasteiger partial charge on any atom is 0.0630 e. The summed E-state index contributed by atoms with van der Waals surface area (Å²) in [5, 5.41) is 0.754. The van der Waals surface area contributed by atoms with Crippen molar-refractivity contribution in [2.45, 2.75) is 57.8 Å². The van der Waals surface area contributed by atoms with E-state index in [4.69, 9.17) is 16.6 Å². The molecule has 7 rings (SSSR count). The second kappa shape index (κ2) is 7.63. The van der Waals surface area contributed by atoms with Crippen molar-refractivity contribution in [3.8, 4) is 5.69 Å². The van der Waals surface area contributed by atoms with Gasteiger partial charge in [-0.3, -0.25) is 4.99 Å². The minimum atomic E-state index is 0.457. The third kappa shape index (κ3) is 3.44. The van der Waals surface area contributed by atoms with E-state index in [1.807, 2.05) is 24.4 Å². The van der Waals surface area contributed by atoms with Crippen molar-refractivity contribution in [1.29, 1.82) is 0 Å². The molecule has 0 saturated heterocycles. The monoisotopic (exact) mass is 442 g/mol. The van der Waals surface area contributed by atoms with E-state index in [0.717, 1.165) is 39.7 Å². The van der Waals surface area contributed by atoms with E-state index in [-0.39, 0.29) is 0 Å². The van der Waals surface area contributed by atoms with Gasteiger partial charge in [0.1, 0.15) is 0 Å². The van der Waals surface area contributed by atoms with Gasteiger partial charge in [0.2, 0.25) is 0 Å². The van der Waals surface area contributed by atoms with Gasteiger partial charge in [-0.05, 0) is 118 Å². The van der Waals surface area contributed by atoms with Gasteiger partial charge in [-0.15, -0.1) is 0 Å². The van der Waals surface area contributed by atoms with Crippen LogP contribution in [0.25, 0.3) is 5.69 Å². The SMILES string of the molecule is Cc1cc(C=Nc2ccc(C34CC5CC(CC(C5)C3)C4)cc2)c(C)n1-c1cccc(Cl)c1. The standard InChI is InChI=1S/C29H31ClN2/c1-19-10-24(20(2)32(19)28-5-3-4-26(30)14-28)18-31-27-8-6-25(7-9-27)29-15-21-11-22(16-29)13-23(12-21)17-29/h3-10,14,18,21-23H,11-13,15-17H2,1-2H3. The van der Waals surface area contributed by atoms with Crippen LogP contribution in [0.2, 0.25) is 5.02 Å². The van der Waals surface area contributed by atoms with Gasteiger partial charge in [-0.1, -0.05) is 29.8 Å². The lowest BCUT2D eigenvalue weighted by Gasteiger charge is -2.57. The number of benzene rings is 2. The second-order valence-electron chi connectivity index (χ2n) is 10.6. The maximum atomic E-state index is 6.22. The fraction of sp³-hybridized carbons (Fsp3) is 0.414. The van der Waals surface area contributed by atoms with E-state index in [1.54, 1.807) is 5.56 Å². The smallest absolute Gasteiger partial charge is 0.0630 e. The number of nitrogens with zero attached hydrogens (tertiary/aromatic N) is 2. The number of halogens is 1. The highest BCUT2D eigenvalue weighted by Gasteiger charge is 2.51. The minimum absolute atomic E-state index is 0.457. The van der Waals surface area contributed by atoms with E-state index in [9.17, 15) is 0 Å². The highest BCUT2D eigenvalue weighted by molar-refractivity contribution is 6.30. The lowest BCUT2D eigenvalue weighted by Crippen LogP contribution is -2.48. The second-order valence-corrected chi connectivity index (χ2v) is 11.1. The third-order valence-corrected chi connectivity index (χ3v) is 8.64. The van der Waals surface area contributed by atoms with Crippen molar-refractivity contribution in [3.63, 3.8) is 0 Å². The van der Waals surface area contributed by atoms with Crippen molar-refractivity contribution >= 4 is 23.5 Å². The van der Waals surface area contributed by atoms with E-state index in [0.29, 0.717) is 5.41 Å². The summed E-state index contributed by atoms with van der Waals surface area (Å²) >= 11 is 6.22.